The van der Waals surface area contributed by atoms with Gasteiger partial charge in [-0.05, 0) is 63.1 Å². The number of hydrogen-bond acceptors (Lipinski definition) is 4. The third-order valence-electron chi connectivity index (χ3n) is 4.20. The second-order valence-corrected chi connectivity index (χ2v) is 6.02. The molecule has 1 aromatic carbocycles. The predicted octanol–water partition coefficient (Wildman–Crippen LogP) is 3.56. The van der Waals surface area contributed by atoms with E-state index in [0.29, 0.717) is 17.4 Å². The Balaban J connectivity index is 1.68. The standard InChI is InChI=1S/C19H24N4O/c1-3-23(4-2)17-9-7-15(8-10-17)21-18-13-14(11-12-20-18)19(24)22-16-5-6-16/h7-13,16H,3-6H2,1-2H3,(H,20,21)(H,22,24). The summed E-state index contributed by atoms with van der Waals surface area (Å²) >= 11 is 0. The zero-order valence-electron chi connectivity index (χ0n) is 14.2. The lowest BCUT2D eigenvalue weighted by Gasteiger charge is -2.21. The van der Waals surface area contributed by atoms with E-state index >= 15 is 0 Å². The Labute approximate surface area is 143 Å². The zero-order valence-corrected chi connectivity index (χ0v) is 14.2. The number of rotatable bonds is 7. The van der Waals surface area contributed by atoms with Crippen LogP contribution in [0, 0.1) is 0 Å². The Bertz CT molecular complexity index is 691. The summed E-state index contributed by atoms with van der Waals surface area (Å²) in [7, 11) is 0. The smallest absolute Gasteiger partial charge is 0.251 e. The van der Waals surface area contributed by atoms with Crippen molar-refractivity contribution in [2.75, 3.05) is 23.3 Å². The number of benzene rings is 1. The highest BCUT2D eigenvalue weighted by Crippen LogP contribution is 2.22. The first-order valence-corrected chi connectivity index (χ1v) is 8.58. The zero-order chi connectivity index (χ0) is 16.9. The van der Waals surface area contributed by atoms with Gasteiger partial charge in [0.25, 0.3) is 5.91 Å². The van der Waals surface area contributed by atoms with Crippen LogP contribution in [0.15, 0.2) is 42.6 Å². The van der Waals surface area contributed by atoms with Crippen LogP contribution in [-0.2, 0) is 0 Å². The number of amides is 1. The van der Waals surface area contributed by atoms with Gasteiger partial charge in [-0.15, -0.1) is 0 Å². The quantitative estimate of drug-likeness (QED) is 0.817. The monoisotopic (exact) mass is 324 g/mol. The summed E-state index contributed by atoms with van der Waals surface area (Å²) in [6.45, 7) is 6.28. The molecule has 0 saturated heterocycles. The number of carbonyl (C=O) groups excluding carboxylic acids is 1. The summed E-state index contributed by atoms with van der Waals surface area (Å²) in [6.07, 6.45) is 3.83. The molecule has 126 valence electrons. The summed E-state index contributed by atoms with van der Waals surface area (Å²) in [4.78, 5) is 18.7. The van der Waals surface area contributed by atoms with Crippen LogP contribution in [0.25, 0.3) is 0 Å². The summed E-state index contributed by atoms with van der Waals surface area (Å²) in [6, 6.07) is 12.1. The molecule has 1 amide bonds. The van der Waals surface area contributed by atoms with Crippen LogP contribution in [0.2, 0.25) is 0 Å². The van der Waals surface area contributed by atoms with Gasteiger partial charge in [-0.25, -0.2) is 4.98 Å². The average Bonchev–Trinajstić information content (AvgIpc) is 3.42. The van der Waals surface area contributed by atoms with Crippen LogP contribution in [0.1, 0.15) is 37.0 Å². The summed E-state index contributed by atoms with van der Waals surface area (Å²) in [5.41, 5.74) is 2.80. The summed E-state index contributed by atoms with van der Waals surface area (Å²) in [5, 5.41) is 6.25. The first-order chi connectivity index (χ1) is 11.7. The van der Waals surface area contributed by atoms with E-state index < -0.39 is 0 Å². The normalized spacial score (nSPS) is 13.4. The molecule has 0 unspecified atom stereocenters. The van der Waals surface area contributed by atoms with Gasteiger partial charge in [0.15, 0.2) is 0 Å². The maximum atomic E-state index is 12.1. The Morgan fingerprint density at radius 1 is 1.17 bits per heavy atom. The topological polar surface area (TPSA) is 57.3 Å². The number of hydrogen-bond donors (Lipinski definition) is 2. The van der Waals surface area contributed by atoms with Crippen molar-refractivity contribution >= 4 is 23.1 Å². The number of carbonyl (C=O) groups is 1. The second kappa shape index (κ2) is 7.34. The molecular formula is C19H24N4O. The molecule has 0 atom stereocenters. The fraction of sp³-hybridized carbons (Fsp3) is 0.368. The van der Waals surface area contributed by atoms with Gasteiger partial charge in [0.05, 0.1) is 0 Å². The van der Waals surface area contributed by atoms with Crippen LogP contribution in [0.3, 0.4) is 0 Å². The minimum atomic E-state index is -0.0279. The highest BCUT2D eigenvalue weighted by Gasteiger charge is 2.23. The van der Waals surface area contributed by atoms with Crippen LogP contribution in [0.4, 0.5) is 17.2 Å². The molecule has 1 saturated carbocycles. The summed E-state index contributed by atoms with van der Waals surface area (Å²) in [5.74, 6) is 0.647. The number of pyridine rings is 1. The lowest BCUT2D eigenvalue weighted by atomic mass is 10.2. The molecule has 1 heterocycles. The lowest BCUT2D eigenvalue weighted by molar-refractivity contribution is 0.0951. The molecule has 2 aromatic rings. The van der Waals surface area contributed by atoms with E-state index in [1.807, 2.05) is 12.1 Å². The third-order valence-corrected chi connectivity index (χ3v) is 4.20. The maximum absolute atomic E-state index is 12.1. The summed E-state index contributed by atoms with van der Waals surface area (Å²) < 4.78 is 0. The van der Waals surface area contributed by atoms with Crippen molar-refractivity contribution in [3.8, 4) is 0 Å². The van der Waals surface area contributed by atoms with Gasteiger partial charge in [0.2, 0.25) is 0 Å². The highest BCUT2D eigenvalue weighted by molar-refractivity contribution is 5.95. The highest BCUT2D eigenvalue weighted by atomic mass is 16.1. The van der Waals surface area contributed by atoms with Gasteiger partial charge in [-0.3, -0.25) is 4.79 Å². The van der Waals surface area contributed by atoms with Gasteiger partial charge >= 0.3 is 0 Å². The number of aromatic nitrogens is 1. The Morgan fingerprint density at radius 2 is 1.88 bits per heavy atom. The minimum Gasteiger partial charge on any atom is -0.372 e. The number of anilines is 3. The van der Waals surface area contributed by atoms with E-state index in [-0.39, 0.29) is 5.91 Å². The van der Waals surface area contributed by atoms with Gasteiger partial charge in [-0.2, -0.15) is 0 Å². The van der Waals surface area contributed by atoms with Crippen molar-refractivity contribution in [1.29, 1.82) is 0 Å². The third kappa shape index (κ3) is 4.04. The van der Waals surface area contributed by atoms with E-state index in [4.69, 9.17) is 0 Å². The van der Waals surface area contributed by atoms with E-state index in [2.05, 4.69) is 46.5 Å². The van der Waals surface area contributed by atoms with Gasteiger partial charge in [-0.1, -0.05) is 0 Å². The molecule has 0 radical (unpaired) electrons. The molecule has 5 heteroatoms. The van der Waals surface area contributed by atoms with E-state index in [0.717, 1.165) is 31.6 Å². The SMILES string of the molecule is CCN(CC)c1ccc(Nc2cc(C(=O)NC3CC3)ccn2)cc1. The molecule has 5 nitrogen and oxygen atoms in total. The fourth-order valence-corrected chi connectivity index (χ4v) is 2.63. The van der Waals surface area contributed by atoms with Crippen LogP contribution in [-0.4, -0.2) is 30.0 Å². The largest absolute Gasteiger partial charge is 0.372 e. The van der Waals surface area contributed by atoms with E-state index in [9.17, 15) is 4.79 Å². The fourth-order valence-electron chi connectivity index (χ4n) is 2.63. The minimum absolute atomic E-state index is 0.0279. The molecule has 1 aromatic heterocycles. The van der Waals surface area contributed by atoms with Crippen molar-refractivity contribution in [2.45, 2.75) is 32.7 Å². The Hall–Kier alpha value is -2.56. The molecule has 1 aliphatic carbocycles. The maximum Gasteiger partial charge on any atom is 0.251 e. The predicted molar refractivity (Wildman–Crippen MR) is 98.0 cm³/mol. The van der Waals surface area contributed by atoms with Crippen LogP contribution >= 0.6 is 0 Å². The Kier molecular flexibility index (Phi) is 4.99. The molecular weight excluding hydrogens is 300 g/mol. The molecule has 3 rings (SSSR count). The number of nitrogens with one attached hydrogen (secondary N) is 2. The van der Waals surface area contributed by atoms with E-state index in [1.165, 1.54) is 5.69 Å². The van der Waals surface area contributed by atoms with Crippen molar-refractivity contribution in [3.05, 3.63) is 48.2 Å². The van der Waals surface area contributed by atoms with Crippen LogP contribution < -0.4 is 15.5 Å². The van der Waals surface area contributed by atoms with Crippen molar-refractivity contribution in [3.63, 3.8) is 0 Å². The molecule has 1 aliphatic rings. The van der Waals surface area contributed by atoms with Gasteiger partial charge < -0.3 is 15.5 Å². The van der Waals surface area contributed by atoms with Crippen LogP contribution in [0.5, 0.6) is 0 Å². The molecule has 0 bridgehead atoms. The molecule has 0 aliphatic heterocycles. The molecule has 2 N–H and O–H groups in total. The lowest BCUT2D eigenvalue weighted by Crippen LogP contribution is -2.25. The van der Waals surface area contributed by atoms with E-state index in [1.54, 1.807) is 18.3 Å². The second-order valence-electron chi connectivity index (χ2n) is 6.02. The first kappa shape index (κ1) is 16.3. The average molecular weight is 324 g/mol. The first-order valence-electron chi connectivity index (χ1n) is 8.58. The molecule has 24 heavy (non-hydrogen) atoms. The van der Waals surface area contributed by atoms with Crippen molar-refractivity contribution in [2.24, 2.45) is 0 Å². The Morgan fingerprint density at radius 3 is 2.50 bits per heavy atom. The number of nitrogens with zero attached hydrogens (tertiary/aromatic N) is 2. The van der Waals surface area contributed by atoms with Crippen molar-refractivity contribution < 1.29 is 4.79 Å². The van der Waals surface area contributed by atoms with Crippen molar-refractivity contribution in [1.82, 2.24) is 10.3 Å². The molecule has 1 fully saturated rings. The molecule has 0 spiro atoms. The van der Waals surface area contributed by atoms with Gasteiger partial charge in [0, 0.05) is 42.3 Å². The van der Waals surface area contributed by atoms with Gasteiger partial charge in [0.1, 0.15) is 5.82 Å².